The zero-order chi connectivity index (χ0) is 19.0. The van der Waals surface area contributed by atoms with Crippen LogP contribution in [0.5, 0.6) is 11.5 Å². The fourth-order valence-corrected chi connectivity index (χ4v) is 3.79. The first-order valence-electron chi connectivity index (χ1n) is 9.01. The smallest absolute Gasteiger partial charge is 0.321 e. The predicted molar refractivity (Wildman–Crippen MR) is 103 cm³/mol. The number of carbonyl (C=O) groups is 1. The highest BCUT2D eigenvalue weighted by Gasteiger charge is 2.34. The number of ether oxygens (including phenoxy) is 2. The monoisotopic (exact) mass is 366 g/mol. The first-order chi connectivity index (χ1) is 13.1. The highest BCUT2D eigenvalue weighted by atomic mass is 16.5. The molecule has 1 aliphatic rings. The number of carboxylic acid groups (broad SMARTS) is 1. The second-order valence-corrected chi connectivity index (χ2v) is 6.60. The average Bonchev–Trinajstić information content (AvgIpc) is 3.06. The van der Waals surface area contributed by atoms with Gasteiger partial charge < -0.3 is 19.6 Å². The molecule has 3 aromatic rings. The third-order valence-electron chi connectivity index (χ3n) is 5.03. The molecule has 0 saturated carbocycles. The van der Waals surface area contributed by atoms with Crippen molar-refractivity contribution in [2.24, 2.45) is 0 Å². The summed E-state index contributed by atoms with van der Waals surface area (Å²) in [5.41, 5.74) is 3.99. The zero-order valence-electron chi connectivity index (χ0n) is 15.3. The molecule has 0 saturated heterocycles. The quantitative estimate of drug-likeness (QED) is 0.645. The predicted octanol–water partition coefficient (Wildman–Crippen LogP) is 3.26. The van der Waals surface area contributed by atoms with E-state index in [9.17, 15) is 9.90 Å². The Morgan fingerprint density at radius 3 is 2.78 bits per heavy atom. The third kappa shape index (κ3) is 3.02. The van der Waals surface area contributed by atoms with Gasteiger partial charge in [-0.3, -0.25) is 10.1 Å². The van der Waals surface area contributed by atoms with Crippen LogP contribution in [0, 0.1) is 0 Å². The molecule has 0 spiro atoms. The summed E-state index contributed by atoms with van der Waals surface area (Å²) in [6, 6.07) is 12.8. The first kappa shape index (κ1) is 17.4. The molecule has 27 heavy (non-hydrogen) atoms. The van der Waals surface area contributed by atoms with Crippen LogP contribution in [0.15, 0.2) is 42.5 Å². The second kappa shape index (κ2) is 6.96. The van der Waals surface area contributed by atoms with Gasteiger partial charge in [0.15, 0.2) is 11.5 Å². The summed E-state index contributed by atoms with van der Waals surface area (Å²) in [6.45, 7) is 2.47. The molecule has 4 rings (SSSR count). The molecule has 3 N–H and O–H groups in total. The molecule has 140 valence electrons. The van der Waals surface area contributed by atoms with Gasteiger partial charge in [-0.15, -0.1) is 0 Å². The Balaban J connectivity index is 1.84. The van der Waals surface area contributed by atoms with Crippen LogP contribution < -0.4 is 14.8 Å². The number of aromatic nitrogens is 1. The SMILES string of the molecule is CCOc1ccc(C2N[C@H](C(=O)O)Cc3c2[nH]c2ccccc32)cc1OC. The molecule has 1 unspecified atom stereocenters. The molecule has 1 aromatic heterocycles. The number of aromatic amines is 1. The number of H-pyrrole nitrogens is 1. The normalized spacial score (nSPS) is 18.9. The van der Waals surface area contributed by atoms with Crippen LogP contribution in [0.25, 0.3) is 10.9 Å². The van der Waals surface area contributed by atoms with E-state index in [1.54, 1.807) is 7.11 Å². The molecule has 2 aromatic carbocycles. The number of para-hydroxylation sites is 1. The Labute approximate surface area is 157 Å². The molecule has 0 amide bonds. The van der Waals surface area contributed by atoms with Gasteiger partial charge in [-0.25, -0.2) is 0 Å². The lowest BCUT2D eigenvalue weighted by Gasteiger charge is -2.30. The van der Waals surface area contributed by atoms with Gasteiger partial charge in [0.2, 0.25) is 0 Å². The summed E-state index contributed by atoms with van der Waals surface area (Å²) in [5, 5.41) is 14.0. The summed E-state index contributed by atoms with van der Waals surface area (Å²) >= 11 is 0. The number of hydrogen-bond donors (Lipinski definition) is 3. The molecule has 0 fully saturated rings. The Kier molecular flexibility index (Phi) is 4.49. The Bertz CT molecular complexity index is 995. The van der Waals surface area contributed by atoms with Crippen molar-refractivity contribution < 1.29 is 19.4 Å². The maximum Gasteiger partial charge on any atom is 0.321 e. The Morgan fingerprint density at radius 2 is 2.04 bits per heavy atom. The van der Waals surface area contributed by atoms with Crippen molar-refractivity contribution in [3.63, 3.8) is 0 Å². The van der Waals surface area contributed by atoms with E-state index < -0.39 is 12.0 Å². The van der Waals surface area contributed by atoms with Crippen molar-refractivity contribution in [1.82, 2.24) is 10.3 Å². The molecular weight excluding hydrogens is 344 g/mol. The second-order valence-electron chi connectivity index (χ2n) is 6.60. The minimum Gasteiger partial charge on any atom is -0.493 e. The lowest BCUT2D eigenvalue weighted by molar-refractivity contribution is -0.139. The van der Waals surface area contributed by atoms with Crippen molar-refractivity contribution in [3.8, 4) is 11.5 Å². The van der Waals surface area contributed by atoms with E-state index in [-0.39, 0.29) is 6.04 Å². The van der Waals surface area contributed by atoms with Gasteiger partial charge >= 0.3 is 5.97 Å². The molecule has 2 heterocycles. The molecule has 0 aliphatic carbocycles. The summed E-state index contributed by atoms with van der Waals surface area (Å²) in [4.78, 5) is 15.2. The lowest BCUT2D eigenvalue weighted by atomic mass is 9.90. The van der Waals surface area contributed by atoms with E-state index in [2.05, 4.69) is 10.3 Å². The summed E-state index contributed by atoms with van der Waals surface area (Å²) in [6.07, 6.45) is 0.444. The number of nitrogens with one attached hydrogen (secondary N) is 2. The highest BCUT2D eigenvalue weighted by molar-refractivity contribution is 5.87. The van der Waals surface area contributed by atoms with E-state index in [1.807, 2.05) is 49.4 Å². The van der Waals surface area contributed by atoms with Crippen LogP contribution in [-0.4, -0.2) is 35.8 Å². The third-order valence-corrected chi connectivity index (χ3v) is 5.03. The van der Waals surface area contributed by atoms with Gasteiger partial charge in [-0.2, -0.15) is 0 Å². The van der Waals surface area contributed by atoms with Crippen molar-refractivity contribution in [3.05, 3.63) is 59.3 Å². The van der Waals surface area contributed by atoms with E-state index in [0.717, 1.165) is 27.7 Å². The first-order valence-corrected chi connectivity index (χ1v) is 9.01. The molecule has 0 radical (unpaired) electrons. The van der Waals surface area contributed by atoms with Crippen LogP contribution in [0.1, 0.15) is 29.8 Å². The molecule has 6 heteroatoms. The van der Waals surface area contributed by atoms with E-state index in [0.29, 0.717) is 24.5 Å². The summed E-state index contributed by atoms with van der Waals surface area (Å²) < 4.78 is 11.1. The number of carboxylic acids is 1. The lowest BCUT2D eigenvalue weighted by Crippen LogP contribution is -2.44. The Morgan fingerprint density at radius 1 is 1.22 bits per heavy atom. The number of rotatable bonds is 5. The van der Waals surface area contributed by atoms with Gasteiger partial charge in [0.05, 0.1) is 19.8 Å². The van der Waals surface area contributed by atoms with E-state index in [4.69, 9.17) is 9.47 Å². The van der Waals surface area contributed by atoms with Gasteiger partial charge in [0.25, 0.3) is 0 Å². The summed E-state index contributed by atoms with van der Waals surface area (Å²) in [5.74, 6) is 0.450. The summed E-state index contributed by atoms with van der Waals surface area (Å²) in [7, 11) is 1.60. The zero-order valence-corrected chi connectivity index (χ0v) is 15.3. The van der Waals surface area contributed by atoms with Crippen LogP contribution in [0.4, 0.5) is 0 Å². The maximum atomic E-state index is 11.7. The van der Waals surface area contributed by atoms with Crippen LogP contribution in [-0.2, 0) is 11.2 Å². The standard InChI is InChI=1S/C21H22N2O4/c1-3-27-17-9-8-12(10-18(17)26-2)19-20-14(11-16(23-19)21(24)25)13-6-4-5-7-15(13)22-20/h4-10,16,19,22-23H,3,11H2,1-2H3,(H,24,25)/t16-,19?/m0/s1. The van der Waals surface area contributed by atoms with Crippen LogP contribution in [0.2, 0.25) is 0 Å². The van der Waals surface area contributed by atoms with Gasteiger partial charge in [0, 0.05) is 23.0 Å². The van der Waals surface area contributed by atoms with Crippen molar-refractivity contribution in [2.45, 2.75) is 25.4 Å². The number of benzene rings is 2. The van der Waals surface area contributed by atoms with Crippen LogP contribution in [0.3, 0.4) is 0 Å². The van der Waals surface area contributed by atoms with Gasteiger partial charge in [-0.05, 0) is 36.2 Å². The van der Waals surface area contributed by atoms with Crippen molar-refractivity contribution in [2.75, 3.05) is 13.7 Å². The van der Waals surface area contributed by atoms with Gasteiger partial charge in [0.1, 0.15) is 6.04 Å². The van der Waals surface area contributed by atoms with E-state index in [1.165, 1.54) is 0 Å². The highest BCUT2D eigenvalue weighted by Crippen LogP contribution is 2.38. The molecule has 6 nitrogen and oxygen atoms in total. The molecule has 0 bridgehead atoms. The number of hydrogen-bond acceptors (Lipinski definition) is 4. The molecule has 2 atom stereocenters. The number of fused-ring (bicyclic) bond motifs is 3. The maximum absolute atomic E-state index is 11.7. The van der Waals surface area contributed by atoms with Crippen LogP contribution >= 0.6 is 0 Å². The average molecular weight is 366 g/mol. The largest absolute Gasteiger partial charge is 0.493 e. The Hall–Kier alpha value is -2.99. The topological polar surface area (TPSA) is 83.6 Å². The minimum atomic E-state index is -0.853. The minimum absolute atomic E-state index is 0.271. The van der Waals surface area contributed by atoms with Gasteiger partial charge in [-0.1, -0.05) is 24.3 Å². The number of methoxy groups -OCH3 is 1. The molecule has 1 aliphatic heterocycles. The van der Waals surface area contributed by atoms with Crippen molar-refractivity contribution >= 4 is 16.9 Å². The molecular formula is C21H22N2O4. The number of aliphatic carboxylic acids is 1. The fourth-order valence-electron chi connectivity index (χ4n) is 3.79. The van der Waals surface area contributed by atoms with E-state index >= 15 is 0 Å². The fraction of sp³-hybridized carbons (Fsp3) is 0.286. The van der Waals surface area contributed by atoms with Crippen molar-refractivity contribution in [1.29, 1.82) is 0 Å².